The number of nitrogens with one attached hydrogen (secondary N) is 1. The maximum atomic E-state index is 12.4. The third-order valence-corrected chi connectivity index (χ3v) is 4.33. The number of allylic oxidation sites excluding steroid dienone is 2. The van der Waals surface area contributed by atoms with Crippen LogP contribution in [0.15, 0.2) is 54.4 Å². The van der Waals surface area contributed by atoms with E-state index in [0.717, 1.165) is 0 Å². The Morgan fingerprint density at radius 3 is 2.65 bits per heavy atom. The van der Waals surface area contributed by atoms with Crippen LogP contribution in [-0.2, 0) is 9.59 Å². The highest BCUT2D eigenvalue weighted by Gasteiger charge is 2.42. The molecule has 0 fully saturated rings. The minimum atomic E-state index is -1.20. The minimum Gasteiger partial charge on any atom is -0.369 e. The van der Waals surface area contributed by atoms with Gasteiger partial charge in [-0.05, 0) is 24.6 Å². The van der Waals surface area contributed by atoms with Crippen molar-refractivity contribution in [2.75, 3.05) is 0 Å². The van der Waals surface area contributed by atoms with Crippen molar-refractivity contribution in [3.05, 3.63) is 75.7 Å². The van der Waals surface area contributed by atoms with Crippen molar-refractivity contribution in [1.82, 2.24) is 10.3 Å². The number of hydrogen-bond donors (Lipinski definition) is 2. The standard InChI is InChI=1S/C18H16N4O4/c1-10-14(13-7-2-3-8-20-13)15(16(17(19)23)18(24)21-10)11-5-4-6-12(9-11)22(25)26/h2-9,15-16H,1H3,(H2,19,23)(H,21,24). The van der Waals surface area contributed by atoms with Crippen molar-refractivity contribution in [2.24, 2.45) is 11.7 Å². The molecule has 8 heteroatoms. The quantitative estimate of drug-likeness (QED) is 0.492. The number of aromatic nitrogens is 1. The zero-order valence-corrected chi connectivity index (χ0v) is 13.9. The molecule has 132 valence electrons. The van der Waals surface area contributed by atoms with Gasteiger partial charge in [0.25, 0.3) is 5.69 Å². The summed E-state index contributed by atoms with van der Waals surface area (Å²) in [5.74, 6) is -3.31. The second-order valence-corrected chi connectivity index (χ2v) is 5.95. The molecule has 0 spiro atoms. The van der Waals surface area contributed by atoms with Gasteiger partial charge in [-0.2, -0.15) is 0 Å². The molecule has 2 amide bonds. The molecule has 2 heterocycles. The van der Waals surface area contributed by atoms with Crippen LogP contribution in [0.3, 0.4) is 0 Å². The summed E-state index contributed by atoms with van der Waals surface area (Å²) in [5.41, 5.74) is 7.52. The third-order valence-electron chi connectivity index (χ3n) is 4.33. The molecule has 1 aliphatic rings. The summed E-state index contributed by atoms with van der Waals surface area (Å²) in [7, 11) is 0. The molecule has 0 aliphatic carbocycles. The molecule has 2 aromatic rings. The smallest absolute Gasteiger partial charge is 0.269 e. The number of primary amides is 1. The van der Waals surface area contributed by atoms with Gasteiger partial charge in [-0.25, -0.2) is 0 Å². The predicted molar refractivity (Wildman–Crippen MR) is 93.5 cm³/mol. The summed E-state index contributed by atoms with van der Waals surface area (Å²) in [6.45, 7) is 1.70. The highest BCUT2D eigenvalue weighted by atomic mass is 16.6. The van der Waals surface area contributed by atoms with Crippen molar-refractivity contribution < 1.29 is 14.5 Å². The number of rotatable bonds is 4. The lowest BCUT2D eigenvalue weighted by Crippen LogP contribution is -2.45. The number of hydrogen-bond acceptors (Lipinski definition) is 5. The van der Waals surface area contributed by atoms with Crippen LogP contribution < -0.4 is 11.1 Å². The van der Waals surface area contributed by atoms with Gasteiger partial charge >= 0.3 is 0 Å². The molecule has 0 saturated carbocycles. The van der Waals surface area contributed by atoms with E-state index in [1.807, 2.05) is 0 Å². The zero-order chi connectivity index (χ0) is 18.8. The van der Waals surface area contributed by atoms with Crippen molar-refractivity contribution in [3.8, 4) is 0 Å². The molecule has 1 aromatic heterocycles. The molecule has 0 saturated heterocycles. The van der Waals surface area contributed by atoms with Gasteiger partial charge in [0.1, 0.15) is 5.92 Å². The van der Waals surface area contributed by atoms with Gasteiger partial charge in [-0.1, -0.05) is 18.2 Å². The summed E-state index contributed by atoms with van der Waals surface area (Å²) >= 11 is 0. The van der Waals surface area contributed by atoms with Crippen LogP contribution in [0.1, 0.15) is 24.1 Å². The molecule has 3 rings (SSSR count). The van der Waals surface area contributed by atoms with Crippen LogP contribution >= 0.6 is 0 Å². The SMILES string of the molecule is CC1=C(c2ccccn2)C(c2cccc([N+](=O)[O-])c2)C(C(N)=O)C(=O)N1. The first kappa shape index (κ1) is 17.3. The van der Waals surface area contributed by atoms with E-state index >= 15 is 0 Å². The third kappa shape index (κ3) is 3.04. The van der Waals surface area contributed by atoms with Gasteiger partial charge < -0.3 is 11.1 Å². The van der Waals surface area contributed by atoms with Crippen LogP contribution in [0.25, 0.3) is 5.57 Å². The molecule has 2 atom stereocenters. The number of nitro benzene ring substituents is 1. The number of carbonyl (C=O) groups excluding carboxylic acids is 2. The molecule has 1 aliphatic heterocycles. The molecule has 0 bridgehead atoms. The lowest BCUT2D eigenvalue weighted by Gasteiger charge is -2.32. The minimum absolute atomic E-state index is 0.130. The fraction of sp³-hybridized carbons (Fsp3) is 0.167. The second-order valence-electron chi connectivity index (χ2n) is 5.95. The lowest BCUT2D eigenvalue weighted by atomic mass is 9.75. The van der Waals surface area contributed by atoms with Crippen molar-refractivity contribution in [1.29, 1.82) is 0 Å². The van der Waals surface area contributed by atoms with Crippen LogP contribution in [0, 0.1) is 16.0 Å². The average Bonchev–Trinajstić information content (AvgIpc) is 2.61. The Labute approximate surface area is 148 Å². The lowest BCUT2D eigenvalue weighted by molar-refractivity contribution is -0.384. The Hall–Kier alpha value is -3.55. The van der Waals surface area contributed by atoms with E-state index in [0.29, 0.717) is 22.5 Å². The Bertz CT molecular complexity index is 924. The van der Waals surface area contributed by atoms with Crippen LogP contribution in [-0.4, -0.2) is 21.7 Å². The molecule has 26 heavy (non-hydrogen) atoms. The highest BCUT2D eigenvalue weighted by molar-refractivity contribution is 6.06. The summed E-state index contributed by atoms with van der Waals surface area (Å²) in [5, 5.41) is 13.8. The predicted octanol–water partition coefficient (Wildman–Crippen LogP) is 1.74. The van der Waals surface area contributed by atoms with Crippen molar-refractivity contribution in [2.45, 2.75) is 12.8 Å². The number of nitrogens with two attached hydrogens (primary N) is 1. The molecule has 8 nitrogen and oxygen atoms in total. The fourth-order valence-corrected chi connectivity index (χ4v) is 3.24. The number of pyridine rings is 1. The molecule has 3 N–H and O–H groups in total. The van der Waals surface area contributed by atoms with E-state index in [2.05, 4.69) is 10.3 Å². The van der Waals surface area contributed by atoms with Crippen LogP contribution in [0.5, 0.6) is 0 Å². The van der Waals surface area contributed by atoms with E-state index in [1.165, 1.54) is 18.2 Å². The number of benzene rings is 1. The maximum absolute atomic E-state index is 12.4. The number of nitro groups is 1. The second kappa shape index (κ2) is 6.75. The first-order chi connectivity index (χ1) is 12.4. The number of amides is 2. The molecule has 0 radical (unpaired) electrons. The fourth-order valence-electron chi connectivity index (χ4n) is 3.24. The van der Waals surface area contributed by atoms with E-state index < -0.39 is 28.6 Å². The normalized spacial score (nSPS) is 19.8. The van der Waals surface area contributed by atoms with Gasteiger partial charge in [0.05, 0.1) is 10.6 Å². The highest BCUT2D eigenvalue weighted by Crippen LogP contribution is 2.42. The van der Waals surface area contributed by atoms with Gasteiger partial charge in [0, 0.05) is 35.5 Å². The monoisotopic (exact) mass is 352 g/mol. The number of carbonyl (C=O) groups is 2. The average molecular weight is 352 g/mol. The topological polar surface area (TPSA) is 128 Å². The van der Waals surface area contributed by atoms with Gasteiger partial charge in [-0.15, -0.1) is 0 Å². The zero-order valence-electron chi connectivity index (χ0n) is 13.9. The Kier molecular flexibility index (Phi) is 4.49. The first-order valence-electron chi connectivity index (χ1n) is 7.87. The van der Waals surface area contributed by atoms with E-state index in [1.54, 1.807) is 37.4 Å². The van der Waals surface area contributed by atoms with E-state index in [4.69, 9.17) is 5.73 Å². The van der Waals surface area contributed by atoms with E-state index in [-0.39, 0.29) is 5.69 Å². The van der Waals surface area contributed by atoms with Gasteiger partial charge in [0.2, 0.25) is 11.8 Å². The molecule has 2 unspecified atom stereocenters. The molecule has 1 aromatic carbocycles. The summed E-state index contributed by atoms with van der Waals surface area (Å²) in [4.78, 5) is 39.4. The Morgan fingerprint density at radius 2 is 2.04 bits per heavy atom. The molecular formula is C18H16N4O4. The van der Waals surface area contributed by atoms with E-state index in [9.17, 15) is 19.7 Å². The summed E-state index contributed by atoms with van der Waals surface area (Å²) in [6, 6.07) is 11.1. The summed E-state index contributed by atoms with van der Waals surface area (Å²) in [6.07, 6.45) is 1.59. The van der Waals surface area contributed by atoms with Crippen molar-refractivity contribution in [3.63, 3.8) is 0 Å². The first-order valence-corrected chi connectivity index (χ1v) is 7.87. The Morgan fingerprint density at radius 1 is 1.27 bits per heavy atom. The molecular weight excluding hydrogens is 336 g/mol. The number of nitrogens with zero attached hydrogens (tertiary/aromatic N) is 2. The largest absolute Gasteiger partial charge is 0.369 e. The van der Waals surface area contributed by atoms with Crippen LogP contribution in [0.4, 0.5) is 5.69 Å². The Balaban J connectivity index is 2.24. The van der Waals surface area contributed by atoms with Gasteiger partial charge in [0.15, 0.2) is 0 Å². The number of non-ortho nitro benzene ring substituents is 1. The van der Waals surface area contributed by atoms with Gasteiger partial charge in [-0.3, -0.25) is 24.7 Å². The summed E-state index contributed by atoms with van der Waals surface area (Å²) < 4.78 is 0. The maximum Gasteiger partial charge on any atom is 0.269 e. The van der Waals surface area contributed by atoms with Crippen molar-refractivity contribution >= 4 is 23.1 Å². The van der Waals surface area contributed by atoms with Crippen LogP contribution in [0.2, 0.25) is 0 Å².